The summed E-state index contributed by atoms with van der Waals surface area (Å²) in [5, 5.41) is 9.09. The van der Waals surface area contributed by atoms with Crippen molar-refractivity contribution in [2.24, 2.45) is 0 Å². The molecule has 0 aliphatic carbocycles. The van der Waals surface area contributed by atoms with E-state index in [1.54, 1.807) is 0 Å². The zero-order chi connectivity index (χ0) is 17.8. The number of rotatable bonds is 5. The average Bonchev–Trinajstić information content (AvgIpc) is 2.44. The minimum absolute atomic E-state index is 0.0379. The van der Waals surface area contributed by atoms with E-state index in [0.717, 1.165) is 0 Å². The van der Waals surface area contributed by atoms with Crippen LogP contribution in [0.4, 0.5) is 13.2 Å². The second-order valence-electron chi connectivity index (χ2n) is 4.38. The Hall–Kier alpha value is -1.86. The molecule has 0 bridgehead atoms. The summed E-state index contributed by atoms with van der Waals surface area (Å²) in [4.78, 5) is 23.7. The molecule has 0 atom stereocenters. The molecule has 9 heteroatoms. The van der Waals surface area contributed by atoms with Crippen molar-refractivity contribution >= 4 is 41.1 Å². The van der Waals surface area contributed by atoms with E-state index in [0.29, 0.717) is 6.92 Å². The van der Waals surface area contributed by atoms with Crippen molar-refractivity contribution in [3.63, 3.8) is 0 Å². The Kier molecular flexibility index (Phi) is 6.35. The van der Waals surface area contributed by atoms with Gasteiger partial charge in [0.1, 0.15) is 0 Å². The molecule has 0 saturated carbocycles. The van der Waals surface area contributed by atoms with Crippen LogP contribution in [0.1, 0.15) is 17.3 Å². The first-order valence-electron chi connectivity index (χ1n) is 6.13. The van der Waals surface area contributed by atoms with Crippen LogP contribution in [0.5, 0.6) is 0 Å². The molecule has 0 heterocycles. The van der Waals surface area contributed by atoms with Crippen molar-refractivity contribution in [1.82, 2.24) is 5.32 Å². The van der Waals surface area contributed by atoms with E-state index >= 15 is 0 Å². The molecule has 1 aromatic carbocycles. The predicted octanol–water partition coefficient (Wildman–Crippen LogP) is 3.82. The predicted molar refractivity (Wildman–Crippen MR) is 81.3 cm³/mol. The number of ketones is 1. The largest absolute Gasteiger partial charge is 0.413 e. The van der Waals surface area contributed by atoms with Gasteiger partial charge in [0.25, 0.3) is 5.91 Å². The molecule has 1 rings (SSSR count). The number of hydrogen-bond donors (Lipinski definition) is 2. The van der Waals surface area contributed by atoms with Crippen molar-refractivity contribution < 1.29 is 22.8 Å². The van der Waals surface area contributed by atoms with Crippen LogP contribution >= 0.6 is 23.2 Å². The zero-order valence-corrected chi connectivity index (χ0v) is 13.2. The third-order valence-corrected chi connectivity index (χ3v) is 3.50. The van der Waals surface area contributed by atoms with Crippen molar-refractivity contribution in [2.75, 3.05) is 6.54 Å². The van der Waals surface area contributed by atoms with Crippen molar-refractivity contribution in [2.45, 2.75) is 13.1 Å². The molecular weight excluding hydrogens is 356 g/mol. The lowest BCUT2D eigenvalue weighted by Crippen LogP contribution is -2.33. The lowest BCUT2D eigenvalue weighted by atomic mass is 10.1. The highest BCUT2D eigenvalue weighted by atomic mass is 35.5. The molecule has 0 aliphatic rings. The molecule has 124 valence electrons. The Labute approximate surface area is 139 Å². The normalized spacial score (nSPS) is 12.4. The van der Waals surface area contributed by atoms with Gasteiger partial charge in [0.15, 0.2) is 5.78 Å². The zero-order valence-electron chi connectivity index (χ0n) is 11.7. The number of halogens is 5. The van der Waals surface area contributed by atoms with E-state index in [2.05, 4.69) is 0 Å². The van der Waals surface area contributed by atoms with Gasteiger partial charge in [-0.25, -0.2) is 0 Å². The smallest absolute Gasteiger partial charge is 0.345 e. The minimum atomic E-state index is -4.75. The van der Waals surface area contributed by atoms with Gasteiger partial charge in [-0.3, -0.25) is 9.59 Å². The van der Waals surface area contributed by atoms with Crippen LogP contribution in [-0.2, 0) is 4.79 Å². The molecular formula is C14H11Cl2F3N2O2. The number of carbonyl (C=O) groups excluding carboxylic acids is 2. The molecule has 0 saturated heterocycles. The van der Waals surface area contributed by atoms with Crippen molar-refractivity contribution in [3.8, 4) is 0 Å². The van der Waals surface area contributed by atoms with Crippen LogP contribution in [0.15, 0.2) is 29.3 Å². The van der Waals surface area contributed by atoms with Crippen LogP contribution in [-0.4, -0.2) is 30.6 Å². The molecule has 0 aliphatic heterocycles. The molecule has 23 heavy (non-hydrogen) atoms. The number of allylic oxidation sites excluding steroid dienone is 1. The molecule has 4 nitrogen and oxygen atoms in total. The van der Waals surface area contributed by atoms with Gasteiger partial charge in [0.2, 0.25) is 0 Å². The summed E-state index contributed by atoms with van der Waals surface area (Å²) in [5.41, 5.74) is -2.15. The summed E-state index contributed by atoms with van der Waals surface area (Å²) in [7, 11) is 0. The highest BCUT2D eigenvalue weighted by Crippen LogP contribution is 2.27. The van der Waals surface area contributed by atoms with E-state index in [9.17, 15) is 22.8 Å². The topological polar surface area (TPSA) is 70.0 Å². The molecule has 1 aromatic rings. The van der Waals surface area contributed by atoms with Crippen LogP contribution in [0.3, 0.4) is 0 Å². The van der Waals surface area contributed by atoms with Gasteiger partial charge < -0.3 is 10.7 Å². The first kappa shape index (κ1) is 19.2. The third kappa shape index (κ3) is 4.80. The van der Waals surface area contributed by atoms with E-state index in [1.807, 2.05) is 5.32 Å². The molecule has 1 amide bonds. The Morgan fingerprint density at radius 2 is 1.78 bits per heavy atom. The monoisotopic (exact) mass is 366 g/mol. The van der Waals surface area contributed by atoms with E-state index in [4.69, 9.17) is 28.6 Å². The summed E-state index contributed by atoms with van der Waals surface area (Å²) >= 11 is 11.7. The molecule has 0 aromatic heterocycles. The van der Waals surface area contributed by atoms with E-state index < -0.39 is 35.6 Å². The summed E-state index contributed by atoms with van der Waals surface area (Å²) in [5.74, 6) is -1.85. The SMILES string of the molecule is CC(=C(C=N)C(=O)NCC(=O)c1c(Cl)cccc1Cl)C(F)(F)F. The molecule has 0 fully saturated rings. The number of carbonyl (C=O) groups is 2. The Balaban J connectivity index is 2.91. The van der Waals surface area contributed by atoms with Crippen molar-refractivity contribution in [3.05, 3.63) is 45.0 Å². The van der Waals surface area contributed by atoms with Gasteiger partial charge in [0, 0.05) is 11.8 Å². The van der Waals surface area contributed by atoms with E-state index in [-0.39, 0.29) is 21.8 Å². The first-order valence-corrected chi connectivity index (χ1v) is 6.89. The fourth-order valence-corrected chi connectivity index (χ4v) is 2.21. The van der Waals surface area contributed by atoms with Crippen LogP contribution in [0.25, 0.3) is 0 Å². The van der Waals surface area contributed by atoms with Crippen LogP contribution in [0.2, 0.25) is 10.0 Å². The molecule has 2 N–H and O–H groups in total. The summed E-state index contributed by atoms with van der Waals surface area (Å²) < 4.78 is 37.7. The third-order valence-electron chi connectivity index (χ3n) is 2.87. The van der Waals surface area contributed by atoms with Gasteiger partial charge >= 0.3 is 6.18 Å². The number of hydrogen-bond acceptors (Lipinski definition) is 3. The molecule has 0 radical (unpaired) electrons. The number of benzene rings is 1. The number of Topliss-reactive ketones (excluding diaryl/α,β-unsaturated/α-hetero) is 1. The summed E-state index contributed by atoms with van der Waals surface area (Å²) in [6.07, 6.45) is -4.47. The number of nitrogens with one attached hydrogen (secondary N) is 2. The maximum absolute atomic E-state index is 12.6. The first-order chi connectivity index (χ1) is 10.6. The van der Waals surface area contributed by atoms with E-state index in [1.165, 1.54) is 18.2 Å². The second-order valence-corrected chi connectivity index (χ2v) is 5.20. The number of alkyl halides is 3. The Morgan fingerprint density at radius 1 is 1.26 bits per heavy atom. The highest BCUT2D eigenvalue weighted by molar-refractivity contribution is 6.40. The fourth-order valence-electron chi connectivity index (χ4n) is 1.61. The van der Waals surface area contributed by atoms with Gasteiger partial charge in [-0.05, 0) is 19.1 Å². The van der Waals surface area contributed by atoms with Gasteiger partial charge in [-0.1, -0.05) is 29.3 Å². The lowest BCUT2D eigenvalue weighted by molar-refractivity contribution is -0.118. The van der Waals surface area contributed by atoms with Gasteiger partial charge in [-0.2, -0.15) is 13.2 Å². The lowest BCUT2D eigenvalue weighted by Gasteiger charge is -2.12. The average molecular weight is 367 g/mol. The molecule has 0 spiro atoms. The van der Waals surface area contributed by atoms with Crippen molar-refractivity contribution in [1.29, 1.82) is 5.41 Å². The fraction of sp³-hybridized carbons (Fsp3) is 0.214. The number of amides is 1. The Bertz CT molecular complexity index is 665. The summed E-state index contributed by atoms with van der Waals surface area (Å²) in [6.45, 7) is 0.0669. The Morgan fingerprint density at radius 3 is 2.22 bits per heavy atom. The highest BCUT2D eigenvalue weighted by Gasteiger charge is 2.34. The standard InChI is InChI=1S/C14H11Cl2F3N2O2/c1-7(14(17,18)19)8(5-20)13(23)21-6-11(22)12-9(15)3-2-4-10(12)16/h2-5,20H,6H2,1H3,(H,21,23). The molecule has 0 unspecified atom stereocenters. The maximum Gasteiger partial charge on any atom is 0.413 e. The van der Waals surface area contributed by atoms with Crippen LogP contribution in [0, 0.1) is 5.41 Å². The van der Waals surface area contributed by atoms with Gasteiger partial charge in [-0.15, -0.1) is 0 Å². The quantitative estimate of drug-likeness (QED) is 0.472. The summed E-state index contributed by atoms with van der Waals surface area (Å²) in [6, 6.07) is 4.35. The maximum atomic E-state index is 12.6. The minimum Gasteiger partial charge on any atom is -0.345 e. The van der Waals surface area contributed by atoms with Gasteiger partial charge in [0.05, 0.1) is 27.7 Å². The second kappa shape index (κ2) is 7.61. The van der Waals surface area contributed by atoms with Crippen LogP contribution < -0.4 is 5.32 Å².